The lowest BCUT2D eigenvalue weighted by Gasteiger charge is -2.60. The molecule has 1 aliphatic heterocycles. The molecule has 25 heavy (non-hydrogen) atoms. The van der Waals surface area contributed by atoms with Gasteiger partial charge in [0.1, 0.15) is 0 Å². The Balaban J connectivity index is 1.54. The fraction of sp³-hybridized carbons (Fsp3) is 0.455. The lowest BCUT2D eigenvalue weighted by molar-refractivity contribution is -0.0639. The summed E-state index contributed by atoms with van der Waals surface area (Å²) >= 11 is 0. The Morgan fingerprint density at radius 2 is 1.24 bits per heavy atom. The van der Waals surface area contributed by atoms with Crippen molar-refractivity contribution in [2.45, 2.75) is 44.1 Å². The minimum atomic E-state index is -0.224. The Morgan fingerprint density at radius 1 is 0.760 bits per heavy atom. The molecule has 2 aromatic carbocycles. The van der Waals surface area contributed by atoms with E-state index in [0.29, 0.717) is 28.9 Å². The molecule has 0 N–H and O–H groups in total. The summed E-state index contributed by atoms with van der Waals surface area (Å²) in [6.45, 7) is 0. The summed E-state index contributed by atoms with van der Waals surface area (Å²) in [4.78, 5) is 28.6. The molecular formula is C22H21NO2. The van der Waals surface area contributed by atoms with Gasteiger partial charge in [0.2, 0.25) is 0 Å². The molecule has 0 unspecified atom stereocenters. The molecular weight excluding hydrogens is 310 g/mol. The summed E-state index contributed by atoms with van der Waals surface area (Å²) in [6.07, 6.45) is 6.99. The molecule has 0 aromatic heterocycles. The first kappa shape index (κ1) is 14.1. The topological polar surface area (TPSA) is 37.4 Å². The van der Waals surface area contributed by atoms with Gasteiger partial charge in [-0.15, -0.1) is 0 Å². The molecule has 1 heterocycles. The van der Waals surface area contributed by atoms with Crippen molar-refractivity contribution < 1.29 is 9.59 Å². The zero-order valence-electron chi connectivity index (χ0n) is 14.2. The van der Waals surface area contributed by atoms with Crippen LogP contribution in [0, 0.1) is 17.8 Å². The maximum absolute atomic E-state index is 13.4. The minimum Gasteiger partial charge on any atom is -0.269 e. The molecule has 4 bridgehead atoms. The van der Waals surface area contributed by atoms with E-state index in [4.69, 9.17) is 0 Å². The number of nitrogens with zero attached hydrogens (tertiary/aromatic N) is 1. The standard InChI is InChI=1S/C22H21NO2/c24-20-17-5-1-3-16-4-2-6-18(19(16)17)21(25)23(20)22-10-13-7-14(11-22)9-15(8-13)12-22/h1-6,13-15H,7-12H2. The smallest absolute Gasteiger partial charge is 0.261 e. The third kappa shape index (κ3) is 1.71. The average molecular weight is 331 g/mol. The zero-order valence-corrected chi connectivity index (χ0v) is 14.2. The normalized spacial score (nSPS) is 35.7. The summed E-state index contributed by atoms with van der Waals surface area (Å²) in [7, 11) is 0. The second kappa shape index (κ2) is 4.51. The van der Waals surface area contributed by atoms with Gasteiger partial charge in [-0.3, -0.25) is 14.5 Å². The van der Waals surface area contributed by atoms with Gasteiger partial charge in [-0.2, -0.15) is 0 Å². The number of carbonyl (C=O) groups is 2. The van der Waals surface area contributed by atoms with Gasteiger partial charge in [0.05, 0.1) is 5.54 Å². The second-order valence-electron chi connectivity index (χ2n) is 8.80. The van der Waals surface area contributed by atoms with Crippen LogP contribution in [0.25, 0.3) is 10.8 Å². The van der Waals surface area contributed by atoms with E-state index < -0.39 is 0 Å². The first-order valence-corrected chi connectivity index (χ1v) is 9.55. The summed E-state index contributed by atoms with van der Waals surface area (Å²) in [6, 6.07) is 11.6. The second-order valence-corrected chi connectivity index (χ2v) is 8.80. The van der Waals surface area contributed by atoms with Crippen molar-refractivity contribution in [1.29, 1.82) is 0 Å². The number of carbonyl (C=O) groups excluding carboxylic acids is 2. The number of rotatable bonds is 1. The fourth-order valence-electron chi connectivity index (χ4n) is 6.80. The van der Waals surface area contributed by atoms with Crippen LogP contribution in [0.3, 0.4) is 0 Å². The monoisotopic (exact) mass is 331 g/mol. The summed E-state index contributed by atoms with van der Waals surface area (Å²) < 4.78 is 0. The Bertz CT molecular complexity index is 858. The van der Waals surface area contributed by atoms with Crippen LogP contribution in [0.4, 0.5) is 0 Å². The third-order valence-electron chi connectivity index (χ3n) is 7.25. The molecule has 4 aliphatic carbocycles. The molecule has 0 spiro atoms. The van der Waals surface area contributed by atoms with Crippen LogP contribution >= 0.6 is 0 Å². The van der Waals surface area contributed by atoms with Crippen molar-refractivity contribution >= 4 is 22.6 Å². The lowest BCUT2D eigenvalue weighted by Crippen LogP contribution is -2.63. The zero-order chi connectivity index (χ0) is 16.8. The first-order chi connectivity index (χ1) is 12.1. The minimum absolute atomic E-state index is 0.0590. The highest BCUT2D eigenvalue weighted by Gasteiger charge is 2.57. The Hall–Kier alpha value is -2.16. The molecule has 4 fully saturated rings. The predicted molar refractivity (Wildman–Crippen MR) is 95.4 cm³/mol. The highest BCUT2D eigenvalue weighted by molar-refractivity contribution is 6.25. The Kier molecular flexibility index (Phi) is 2.54. The molecule has 0 saturated heterocycles. The maximum atomic E-state index is 13.4. The van der Waals surface area contributed by atoms with E-state index in [1.54, 1.807) is 4.90 Å². The van der Waals surface area contributed by atoms with Gasteiger partial charge in [0, 0.05) is 16.5 Å². The van der Waals surface area contributed by atoms with Crippen LogP contribution in [0.2, 0.25) is 0 Å². The van der Waals surface area contributed by atoms with E-state index >= 15 is 0 Å². The molecule has 126 valence electrons. The number of hydrogen-bond acceptors (Lipinski definition) is 2. The fourth-order valence-corrected chi connectivity index (χ4v) is 6.80. The molecule has 3 nitrogen and oxygen atoms in total. The summed E-state index contributed by atoms with van der Waals surface area (Å²) in [5.74, 6) is 2.01. The van der Waals surface area contributed by atoms with Crippen LogP contribution in [0.5, 0.6) is 0 Å². The third-order valence-corrected chi connectivity index (χ3v) is 7.25. The maximum Gasteiger partial charge on any atom is 0.261 e. The molecule has 3 heteroatoms. The molecule has 0 atom stereocenters. The van der Waals surface area contributed by atoms with Crippen LogP contribution in [0.15, 0.2) is 36.4 Å². The molecule has 0 radical (unpaired) electrons. The van der Waals surface area contributed by atoms with Gasteiger partial charge in [0.25, 0.3) is 11.8 Å². The van der Waals surface area contributed by atoms with Crippen molar-refractivity contribution in [3.63, 3.8) is 0 Å². The number of benzene rings is 2. The summed E-state index contributed by atoms with van der Waals surface area (Å²) in [5, 5.41) is 1.84. The van der Waals surface area contributed by atoms with Crippen molar-refractivity contribution in [2.24, 2.45) is 17.8 Å². The average Bonchev–Trinajstić information content (AvgIpc) is 2.58. The lowest BCUT2D eigenvalue weighted by atomic mass is 9.52. The van der Waals surface area contributed by atoms with Crippen molar-refractivity contribution in [3.8, 4) is 0 Å². The largest absolute Gasteiger partial charge is 0.269 e. The van der Waals surface area contributed by atoms with E-state index in [1.165, 1.54) is 19.3 Å². The van der Waals surface area contributed by atoms with Crippen LogP contribution in [-0.2, 0) is 0 Å². The van der Waals surface area contributed by atoms with Gasteiger partial charge in [-0.05, 0) is 73.8 Å². The number of imide groups is 1. The molecule has 2 amide bonds. The SMILES string of the molecule is O=C1c2cccc3cccc(c23)C(=O)N1C12CC3CC(CC(C3)C1)C2. The highest BCUT2D eigenvalue weighted by atomic mass is 16.2. The van der Waals surface area contributed by atoms with Crippen molar-refractivity contribution in [2.75, 3.05) is 0 Å². The Morgan fingerprint density at radius 3 is 1.72 bits per heavy atom. The number of hydrogen-bond donors (Lipinski definition) is 0. The molecule has 5 aliphatic rings. The first-order valence-electron chi connectivity index (χ1n) is 9.55. The van der Waals surface area contributed by atoms with E-state index in [-0.39, 0.29) is 17.4 Å². The molecule has 7 rings (SSSR count). The summed E-state index contributed by atoms with van der Waals surface area (Å²) in [5.41, 5.74) is 1.20. The van der Waals surface area contributed by atoms with E-state index in [9.17, 15) is 9.59 Å². The predicted octanol–water partition coefficient (Wildman–Crippen LogP) is 4.40. The molecule has 4 saturated carbocycles. The van der Waals surface area contributed by atoms with Gasteiger partial charge in [0.15, 0.2) is 0 Å². The van der Waals surface area contributed by atoms with Crippen molar-refractivity contribution in [3.05, 3.63) is 47.5 Å². The quantitative estimate of drug-likeness (QED) is 0.726. The van der Waals surface area contributed by atoms with E-state index in [0.717, 1.165) is 30.0 Å². The van der Waals surface area contributed by atoms with E-state index in [2.05, 4.69) is 0 Å². The van der Waals surface area contributed by atoms with Gasteiger partial charge in [-0.25, -0.2) is 0 Å². The van der Waals surface area contributed by atoms with Crippen LogP contribution in [-0.4, -0.2) is 22.3 Å². The van der Waals surface area contributed by atoms with Gasteiger partial charge >= 0.3 is 0 Å². The Labute approximate surface area is 147 Å². The molecule has 2 aromatic rings. The number of amides is 2. The highest BCUT2D eigenvalue weighted by Crippen LogP contribution is 2.58. The van der Waals surface area contributed by atoms with Crippen LogP contribution in [0.1, 0.15) is 59.2 Å². The van der Waals surface area contributed by atoms with Gasteiger partial charge < -0.3 is 0 Å². The van der Waals surface area contributed by atoms with Gasteiger partial charge in [-0.1, -0.05) is 24.3 Å². The van der Waals surface area contributed by atoms with Crippen LogP contribution < -0.4 is 0 Å². The van der Waals surface area contributed by atoms with Crippen molar-refractivity contribution in [1.82, 2.24) is 4.90 Å². The van der Waals surface area contributed by atoms with E-state index in [1.807, 2.05) is 36.4 Å².